The van der Waals surface area contributed by atoms with Crippen molar-refractivity contribution in [2.75, 3.05) is 13.1 Å². The summed E-state index contributed by atoms with van der Waals surface area (Å²) in [6.45, 7) is 10.2. The third kappa shape index (κ3) is 7.12. The predicted molar refractivity (Wildman–Crippen MR) is 128 cm³/mol. The van der Waals surface area contributed by atoms with Crippen LogP contribution < -0.4 is 5.14 Å². The van der Waals surface area contributed by atoms with Crippen molar-refractivity contribution in [2.24, 2.45) is 5.14 Å². The molecule has 2 aromatic rings. The fourth-order valence-electron chi connectivity index (χ4n) is 3.63. The zero-order valence-corrected chi connectivity index (χ0v) is 20.9. The molecule has 0 aliphatic carbocycles. The Morgan fingerprint density at radius 2 is 1.86 bits per heavy atom. The van der Waals surface area contributed by atoms with Gasteiger partial charge in [-0.2, -0.15) is 0 Å². The highest BCUT2D eigenvalue weighted by molar-refractivity contribution is 7.89. The average molecular weight is 510 g/mol. The van der Waals surface area contributed by atoms with Gasteiger partial charge in [-0.1, -0.05) is 35.5 Å². The van der Waals surface area contributed by atoms with Crippen molar-refractivity contribution in [2.45, 2.75) is 57.4 Å². The lowest BCUT2D eigenvalue weighted by molar-refractivity contribution is -0.0570. The van der Waals surface area contributed by atoms with E-state index >= 15 is 0 Å². The molecule has 1 aliphatic rings. The van der Waals surface area contributed by atoms with Gasteiger partial charge in [0.15, 0.2) is 5.82 Å². The lowest BCUT2D eigenvalue weighted by Crippen LogP contribution is -2.39. The van der Waals surface area contributed by atoms with Crippen LogP contribution >= 0.6 is 0 Å². The number of nitrogens with zero attached hydrogens (tertiary/aromatic N) is 4. The number of hydrogen-bond acceptors (Lipinski definition) is 5. The maximum absolute atomic E-state index is 15.0. The maximum atomic E-state index is 15.0. The van der Waals surface area contributed by atoms with Crippen molar-refractivity contribution < 1.29 is 21.6 Å². The first-order chi connectivity index (χ1) is 16.2. The summed E-state index contributed by atoms with van der Waals surface area (Å²) in [6.07, 6.45) is 3.68. The third-order valence-corrected chi connectivity index (χ3v) is 6.77. The molecule has 35 heavy (non-hydrogen) atoms. The largest absolute Gasteiger partial charge is 0.295 e. The van der Waals surface area contributed by atoms with Crippen molar-refractivity contribution in [3.8, 4) is 5.69 Å². The van der Waals surface area contributed by atoms with E-state index in [1.54, 1.807) is 0 Å². The standard InChI is InChI=1S/C24H30F3N5O2S/c1-16(2)5-6-17(3)18(4)13-23-29-22(15-31-11-9-24(26,27)10-12-31)30-32(23)21-8-7-19(14-20(21)25)35(28,33)34/h5-8,14H,1,9-13,15H2,2-4H3,(H2,28,33,34)/b6-5-,18-17+. The molecule has 0 amide bonds. The number of primary sulfonamides is 1. The predicted octanol–water partition coefficient (Wildman–Crippen LogP) is 4.30. The van der Waals surface area contributed by atoms with Crippen LogP contribution in [0.4, 0.5) is 13.2 Å². The molecule has 190 valence electrons. The van der Waals surface area contributed by atoms with Crippen LogP contribution in [-0.2, 0) is 23.0 Å². The molecule has 0 spiro atoms. The van der Waals surface area contributed by atoms with Gasteiger partial charge in [0.2, 0.25) is 10.0 Å². The van der Waals surface area contributed by atoms with E-state index in [1.807, 2.05) is 37.8 Å². The Bertz CT molecular complexity index is 1270. The number of sulfonamides is 1. The van der Waals surface area contributed by atoms with Gasteiger partial charge in [-0.15, -0.1) is 5.10 Å². The minimum Gasteiger partial charge on any atom is -0.295 e. The van der Waals surface area contributed by atoms with E-state index in [0.29, 0.717) is 18.1 Å². The van der Waals surface area contributed by atoms with Gasteiger partial charge in [-0.3, -0.25) is 4.90 Å². The first kappa shape index (κ1) is 26.8. The monoisotopic (exact) mass is 509 g/mol. The molecule has 1 saturated heterocycles. The molecule has 11 heteroatoms. The fourth-order valence-corrected chi connectivity index (χ4v) is 4.15. The van der Waals surface area contributed by atoms with Crippen molar-refractivity contribution in [1.29, 1.82) is 0 Å². The molecular weight excluding hydrogens is 479 g/mol. The highest BCUT2D eigenvalue weighted by atomic mass is 32.2. The molecule has 1 aromatic heterocycles. The molecular formula is C24H30F3N5O2S. The van der Waals surface area contributed by atoms with E-state index in [4.69, 9.17) is 5.14 Å². The van der Waals surface area contributed by atoms with Gasteiger partial charge in [0.25, 0.3) is 5.92 Å². The van der Waals surface area contributed by atoms with E-state index in [-0.39, 0.29) is 43.1 Å². The smallest absolute Gasteiger partial charge is 0.250 e. The van der Waals surface area contributed by atoms with Crippen LogP contribution in [0.15, 0.2) is 58.5 Å². The number of halogens is 3. The number of nitrogens with two attached hydrogens (primary N) is 1. The number of rotatable bonds is 8. The van der Waals surface area contributed by atoms with Gasteiger partial charge in [-0.25, -0.2) is 36.4 Å². The van der Waals surface area contributed by atoms with Gasteiger partial charge in [0.05, 0.1) is 11.4 Å². The third-order valence-electron chi connectivity index (χ3n) is 5.86. The summed E-state index contributed by atoms with van der Waals surface area (Å²) in [5, 5.41) is 9.56. The van der Waals surface area contributed by atoms with Crippen LogP contribution in [0.1, 0.15) is 45.3 Å². The number of alkyl halides is 2. The Morgan fingerprint density at radius 1 is 1.20 bits per heavy atom. The Hall–Kier alpha value is -2.76. The Morgan fingerprint density at radius 3 is 2.43 bits per heavy atom. The topological polar surface area (TPSA) is 94.1 Å². The van der Waals surface area contributed by atoms with E-state index in [2.05, 4.69) is 16.7 Å². The van der Waals surface area contributed by atoms with E-state index in [9.17, 15) is 21.6 Å². The van der Waals surface area contributed by atoms with E-state index < -0.39 is 21.8 Å². The number of benzene rings is 1. The molecule has 3 rings (SSSR count). The fraction of sp³-hybridized carbons (Fsp3) is 0.417. The summed E-state index contributed by atoms with van der Waals surface area (Å²) in [5.74, 6) is -2.69. The second-order valence-corrected chi connectivity index (χ2v) is 10.5. The second-order valence-electron chi connectivity index (χ2n) is 8.97. The minimum absolute atomic E-state index is 0.0132. The van der Waals surface area contributed by atoms with Crippen LogP contribution in [0.25, 0.3) is 5.69 Å². The number of likely N-dealkylation sites (tertiary alicyclic amines) is 1. The molecule has 0 unspecified atom stereocenters. The zero-order chi connectivity index (χ0) is 26.0. The number of allylic oxidation sites excluding steroid dienone is 5. The van der Waals surface area contributed by atoms with Crippen LogP contribution in [0.5, 0.6) is 0 Å². The maximum Gasteiger partial charge on any atom is 0.250 e. The Labute approximate surface area is 203 Å². The zero-order valence-electron chi connectivity index (χ0n) is 20.1. The van der Waals surface area contributed by atoms with Crippen LogP contribution in [0.3, 0.4) is 0 Å². The lowest BCUT2D eigenvalue weighted by atomic mass is 10.1. The van der Waals surface area contributed by atoms with Crippen molar-refractivity contribution >= 4 is 10.0 Å². The molecule has 0 bridgehead atoms. The SMILES string of the molecule is C=C(C)/C=C\C(C)=C(/C)Cc1nc(CN2CCC(F)(F)CC2)nn1-c1ccc(S(N)(=O)=O)cc1F. The van der Waals surface area contributed by atoms with Crippen molar-refractivity contribution in [1.82, 2.24) is 19.7 Å². The lowest BCUT2D eigenvalue weighted by Gasteiger charge is -2.30. The molecule has 7 nitrogen and oxygen atoms in total. The second kappa shape index (κ2) is 10.5. The summed E-state index contributed by atoms with van der Waals surface area (Å²) in [7, 11) is -4.08. The van der Waals surface area contributed by atoms with E-state index in [1.165, 1.54) is 16.8 Å². The van der Waals surface area contributed by atoms with Gasteiger partial charge in [-0.05, 0) is 39.0 Å². The van der Waals surface area contributed by atoms with E-state index in [0.717, 1.165) is 22.8 Å². The first-order valence-electron chi connectivity index (χ1n) is 11.1. The van der Waals surface area contributed by atoms with Gasteiger partial charge in [0.1, 0.15) is 17.3 Å². The molecule has 0 saturated carbocycles. The molecule has 0 atom stereocenters. The Kier molecular flexibility index (Phi) is 8.03. The quantitative estimate of drug-likeness (QED) is 0.536. The molecule has 1 fully saturated rings. The van der Waals surface area contributed by atoms with Crippen molar-refractivity contribution in [3.05, 3.63) is 71.1 Å². The Balaban J connectivity index is 1.98. The minimum atomic E-state index is -4.08. The summed E-state index contributed by atoms with van der Waals surface area (Å²) in [6, 6.07) is 3.33. The highest BCUT2D eigenvalue weighted by Crippen LogP contribution is 2.28. The summed E-state index contributed by atoms with van der Waals surface area (Å²) < 4.78 is 66.6. The van der Waals surface area contributed by atoms with Crippen LogP contribution in [0, 0.1) is 5.82 Å². The number of hydrogen-bond donors (Lipinski definition) is 1. The average Bonchev–Trinajstić information content (AvgIpc) is 3.14. The van der Waals surface area contributed by atoms with Crippen LogP contribution in [-0.4, -0.2) is 47.1 Å². The highest BCUT2D eigenvalue weighted by Gasteiger charge is 2.34. The molecule has 2 heterocycles. The molecule has 1 aromatic carbocycles. The summed E-state index contributed by atoms with van der Waals surface area (Å²) in [4.78, 5) is 6.07. The number of piperidine rings is 1. The van der Waals surface area contributed by atoms with Crippen molar-refractivity contribution in [3.63, 3.8) is 0 Å². The molecule has 0 radical (unpaired) electrons. The molecule has 2 N–H and O–H groups in total. The summed E-state index contributed by atoms with van der Waals surface area (Å²) in [5.41, 5.74) is 2.85. The first-order valence-corrected chi connectivity index (χ1v) is 12.7. The van der Waals surface area contributed by atoms with Gasteiger partial charge >= 0.3 is 0 Å². The van der Waals surface area contributed by atoms with Gasteiger partial charge < -0.3 is 0 Å². The van der Waals surface area contributed by atoms with Gasteiger partial charge in [0, 0.05) is 32.4 Å². The van der Waals surface area contributed by atoms with Crippen LogP contribution in [0.2, 0.25) is 0 Å². The summed E-state index contributed by atoms with van der Waals surface area (Å²) >= 11 is 0. The number of aromatic nitrogens is 3. The molecule has 1 aliphatic heterocycles. The normalized spacial score (nSPS) is 17.6.